The Morgan fingerprint density at radius 3 is 2.61 bits per heavy atom. The summed E-state index contributed by atoms with van der Waals surface area (Å²) in [5.74, 6) is 0.879. The second-order valence-corrected chi connectivity index (χ2v) is 6.21. The summed E-state index contributed by atoms with van der Waals surface area (Å²) in [6.45, 7) is 2.79. The molecule has 2 aromatic carbocycles. The average Bonchev–Trinajstić information content (AvgIpc) is 3.05. The minimum atomic E-state index is 0.160. The molecule has 3 rings (SSSR count). The number of halogens is 2. The number of hydrogen-bond donors (Lipinski definition) is 2. The van der Waals surface area contributed by atoms with Gasteiger partial charge >= 0.3 is 0 Å². The van der Waals surface area contributed by atoms with Crippen molar-refractivity contribution in [3.05, 3.63) is 76.0 Å². The van der Waals surface area contributed by atoms with Gasteiger partial charge in [0.15, 0.2) is 0 Å². The van der Waals surface area contributed by atoms with E-state index >= 15 is 0 Å². The first-order chi connectivity index (χ1) is 11.1. The van der Waals surface area contributed by atoms with E-state index in [9.17, 15) is 0 Å². The highest BCUT2D eigenvalue weighted by molar-refractivity contribution is 6.42. The third kappa shape index (κ3) is 3.94. The number of imidazole rings is 1. The molecule has 0 fully saturated rings. The van der Waals surface area contributed by atoms with Gasteiger partial charge in [-0.25, -0.2) is 4.98 Å². The minimum Gasteiger partial charge on any atom is -0.341 e. The molecule has 0 bridgehead atoms. The molecule has 0 unspecified atom stereocenters. The highest BCUT2D eigenvalue weighted by Gasteiger charge is 2.09. The van der Waals surface area contributed by atoms with Gasteiger partial charge in [-0.3, -0.25) is 0 Å². The molecular weight excluding hydrogens is 329 g/mol. The molecule has 1 aromatic heterocycles. The summed E-state index contributed by atoms with van der Waals surface area (Å²) < 4.78 is 0. The van der Waals surface area contributed by atoms with Crippen molar-refractivity contribution in [2.75, 3.05) is 0 Å². The second kappa shape index (κ2) is 7.18. The van der Waals surface area contributed by atoms with Gasteiger partial charge in [-0.05, 0) is 24.6 Å². The molecule has 0 saturated heterocycles. The van der Waals surface area contributed by atoms with Crippen molar-refractivity contribution in [1.82, 2.24) is 15.3 Å². The predicted octanol–water partition coefficient (Wildman–Crippen LogP) is 5.23. The lowest BCUT2D eigenvalue weighted by Crippen LogP contribution is -2.18. The second-order valence-electron chi connectivity index (χ2n) is 5.40. The first kappa shape index (κ1) is 16.1. The monoisotopic (exact) mass is 345 g/mol. The number of hydrogen-bond acceptors (Lipinski definition) is 2. The first-order valence-corrected chi connectivity index (χ1v) is 8.16. The van der Waals surface area contributed by atoms with E-state index in [-0.39, 0.29) is 6.04 Å². The summed E-state index contributed by atoms with van der Waals surface area (Å²) in [6.07, 6.45) is 1.86. The predicted molar refractivity (Wildman–Crippen MR) is 95.7 cm³/mol. The molecule has 0 spiro atoms. The van der Waals surface area contributed by atoms with Crippen molar-refractivity contribution in [1.29, 1.82) is 0 Å². The molecule has 3 nitrogen and oxygen atoms in total. The molecule has 0 amide bonds. The Bertz CT molecular complexity index is 784. The summed E-state index contributed by atoms with van der Waals surface area (Å²) in [4.78, 5) is 7.76. The van der Waals surface area contributed by atoms with Crippen LogP contribution in [0.15, 0.2) is 54.7 Å². The number of benzene rings is 2. The highest BCUT2D eigenvalue weighted by Crippen LogP contribution is 2.25. The van der Waals surface area contributed by atoms with Crippen molar-refractivity contribution < 1.29 is 0 Å². The topological polar surface area (TPSA) is 40.7 Å². The molecule has 3 aromatic rings. The van der Waals surface area contributed by atoms with Gasteiger partial charge in [0.1, 0.15) is 5.82 Å². The first-order valence-electron chi connectivity index (χ1n) is 7.41. The van der Waals surface area contributed by atoms with Crippen LogP contribution in [0.1, 0.15) is 24.2 Å². The van der Waals surface area contributed by atoms with E-state index in [4.69, 9.17) is 23.2 Å². The fraction of sp³-hybridized carbons (Fsp3) is 0.167. The van der Waals surface area contributed by atoms with Gasteiger partial charge in [-0.1, -0.05) is 59.6 Å². The molecule has 23 heavy (non-hydrogen) atoms. The molecule has 0 aliphatic heterocycles. The van der Waals surface area contributed by atoms with Crippen molar-refractivity contribution in [2.45, 2.75) is 19.5 Å². The van der Waals surface area contributed by atoms with E-state index in [1.54, 1.807) is 0 Å². The van der Waals surface area contributed by atoms with E-state index in [0.717, 1.165) is 22.6 Å². The van der Waals surface area contributed by atoms with E-state index in [2.05, 4.69) is 22.2 Å². The molecule has 1 atom stereocenters. The standard InChI is InChI=1S/C18H17Cl2N3/c1-12(14-7-8-16(19)17(20)9-14)21-10-15-11-22-18(23-15)13-5-3-2-4-6-13/h2-9,11-12,21H,10H2,1H3,(H,22,23)/t12-/m0/s1. The van der Waals surface area contributed by atoms with E-state index in [1.807, 2.05) is 54.7 Å². The molecule has 1 heterocycles. The fourth-order valence-electron chi connectivity index (χ4n) is 2.35. The van der Waals surface area contributed by atoms with Gasteiger partial charge in [0.05, 0.1) is 10.0 Å². The van der Waals surface area contributed by atoms with Crippen LogP contribution in [0, 0.1) is 0 Å². The number of aromatic nitrogens is 2. The van der Waals surface area contributed by atoms with Crippen molar-refractivity contribution in [3.63, 3.8) is 0 Å². The Hall–Kier alpha value is -1.81. The summed E-state index contributed by atoms with van der Waals surface area (Å²) in [6, 6.07) is 15.9. The van der Waals surface area contributed by atoms with Crippen LogP contribution in [0.25, 0.3) is 11.4 Å². The van der Waals surface area contributed by atoms with Gasteiger partial charge in [0.25, 0.3) is 0 Å². The third-order valence-corrected chi connectivity index (χ3v) is 4.46. The Labute approximate surface area is 145 Å². The third-order valence-electron chi connectivity index (χ3n) is 3.72. The number of H-pyrrole nitrogens is 1. The SMILES string of the molecule is C[C@H](NCc1cnc(-c2ccccc2)[nH]1)c1ccc(Cl)c(Cl)c1. The summed E-state index contributed by atoms with van der Waals surface area (Å²) in [5, 5.41) is 4.60. The molecule has 0 radical (unpaired) electrons. The summed E-state index contributed by atoms with van der Waals surface area (Å²) >= 11 is 12.0. The largest absolute Gasteiger partial charge is 0.341 e. The molecule has 118 valence electrons. The Balaban J connectivity index is 1.64. The number of aromatic amines is 1. The lowest BCUT2D eigenvalue weighted by Gasteiger charge is -2.14. The minimum absolute atomic E-state index is 0.160. The zero-order valence-electron chi connectivity index (χ0n) is 12.7. The molecule has 0 saturated carbocycles. The van der Waals surface area contributed by atoms with Crippen LogP contribution in [-0.2, 0) is 6.54 Å². The Kier molecular flexibility index (Phi) is 5.01. The lowest BCUT2D eigenvalue weighted by molar-refractivity contribution is 0.569. The van der Waals surface area contributed by atoms with Crippen LogP contribution >= 0.6 is 23.2 Å². The normalized spacial score (nSPS) is 12.3. The van der Waals surface area contributed by atoms with E-state index in [1.165, 1.54) is 0 Å². The van der Waals surface area contributed by atoms with Crippen LogP contribution in [0.4, 0.5) is 0 Å². The van der Waals surface area contributed by atoms with Crippen LogP contribution < -0.4 is 5.32 Å². The van der Waals surface area contributed by atoms with Crippen LogP contribution in [0.2, 0.25) is 10.0 Å². The van der Waals surface area contributed by atoms with Gasteiger partial charge in [-0.15, -0.1) is 0 Å². The maximum Gasteiger partial charge on any atom is 0.137 e. The molecule has 0 aliphatic carbocycles. The Morgan fingerprint density at radius 2 is 1.87 bits per heavy atom. The van der Waals surface area contributed by atoms with Crippen LogP contribution in [-0.4, -0.2) is 9.97 Å². The maximum absolute atomic E-state index is 6.07. The molecule has 2 N–H and O–H groups in total. The van der Waals surface area contributed by atoms with Crippen molar-refractivity contribution in [3.8, 4) is 11.4 Å². The molecule has 0 aliphatic rings. The van der Waals surface area contributed by atoms with Gasteiger partial charge in [-0.2, -0.15) is 0 Å². The number of nitrogens with one attached hydrogen (secondary N) is 2. The van der Waals surface area contributed by atoms with Crippen molar-refractivity contribution >= 4 is 23.2 Å². The smallest absolute Gasteiger partial charge is 0.137 e. The fourth-order valence-corrected chi connectivity index (χ4v) is 2.66. The zero-order valence-corrected chi connectivity index (χ0v) is 14.2. The molecular formula is C18H17Cl2N3. The Morgan fingerprint density at radius 1 is 1.09 bits per heavy atom. The maximum atomic E-state index is 6.07. The average molecular weight is 346 g/mol. The van der Waals surface area contributed by atoms with Crippen molar-refractivity contribution in [2.24, 2.45) is 0 Å². The zero-order chi connectivity index (χ0) is 16.2. The lowest BCUT2D eigenvalue weighted by atomic mass is 10.1. The van der Waals surface area contributed by atoms with Gasteiger partial charge < -0.3 is 10.3 Å². The number of nitrogens with zero attached hydrogens (tertiary/aromatic N) is 1. The van der Waals surface area contributed by atoms with Crippen LogP contribution in [0.3, 0.4) is 0 Å². The number of rotatable bonds is 5. The van der Waals surface area contributed by atoms with E-state index < -0.39 is 0 Å². The quantitative estimate of drug-likeness (QED) is 0.664. The van der Waals surface area contributed by atoms with E-state index in [0.29, 0.717) is 16.6 Å². The summed E-state index contributed by atoms with van der Waals surface area (Å²) in [7, 11) is 0. The highest BCUT2D eigenvalue weighted by atomic mass is 35.5. The van der Waals surface area contributed by atoms with Crippen LogP contribution in [0.5, 0.6) is 0 Å². The van der Waals surface area contributed by atoms with Gasteiger partial charge in [0.2, 0.25) is 0 Å². The summed E-state index contributed by atoms with van der Waals surface area (Å²) in [5.41, 5.74) is 3.22. The molecule has 5 heteroatoms. The van der Waals surface area contributed by atoms with Gasteiger partial charge in [0, 0.05) is 30.0 Å².